The third-order valence-corrected chi connectivity index (χ3v) is 4.23. The van der Waals surface area contributed by atoms with Gasteiger partial charge in [-0.1, -0.05) is 42.8 Å². The molecule has 3 aromatic rings. The van der Waals surface area contributed by atoms with Crippen LogP contribution in [0.3, 0.4) is 0 Å². The number of aromatic nitrogens is 2. The Balaban J connectivity index is 2.06. The molecule has 0 spiro atoms. The zero-order valence-corrected chi connectivity index (χ0v) is 13.1. The van der Waals surface area contributed by atoms with Crippen molar-refractivity contribution in [1.29, 1.82) is 0 Å². The van der Waals surface area contributed by atoms with Crippen LogP contribution in [0.25, 0.3) is 11.0 Å². The third kappa shape index (κ3) is 2.81. The molecular weight excluding hydrogens is 280 g/mol. The van der Waals surface area contributed by atoms with Crippen LogP contribution in [0, 0.1) is 0 Å². The minimum atomic E-state index is 0.444. The summed E-state index contributed by atoms with van der Waals surface area (Å²) in [4.78, 5) is 4.83. The van der Waals surface area contributed by atoms with Gasteiger partial charge in [0.1, 0.15) is 5.82 Å². The van der Waals surface area contributed by atoms with Crippen LogP contribution in [-0.4, -0.2) is 9.55 Å². The average molecular weight is 299 g/mol. The van der Waals surface area contributed by atoms with Gasteiger partial charge in [0.05, 0.1) is 11.0 Å². The molecule has 1 heterocycles. The predicted octanol–water partition coefficient (Wildman–Crippen LogP) is 5.25. The highest BCUT2D eigenvalue weighted by Crippen LogP contribution is 2.24. The average Bonchev–Trinajstić information content (AvgIpc) is 2.86. The summed E-state index contributed by atoms with van der Waals surface area (Å²) in [6, 6.07) is 16.8. The minimum absolute atomic E-state index is 0.444. The van der Waals surface area contributed by atoms with Crippen LogP contribution >= 0.6 is 11.6 Å². The second kappa shape index (κ2) is 5.90. The van der Waals surface area contributed by atoms with E-state index in [9.17, 15) is 0 Å². The lowest BCUT2D eigenvalue weighted by atomic mass is 10.1. The maximum Gasteiger partial charge on any atom is 0.114 e. The topological polar surface area (TPSA) is 17.8 Å². The number of hydrogen-bond acceptors (Lipinski definition) is 1. The van der Waals surface area contributed by atoms with Crippen molar-refractivity contribution >= 4 is 22.6 Å². The highest BCUT2D eigenvalue weighted by molar-refractivity contribution is 6.30. The fraction of sp³-hybridized carbons (Fsp3) is 0.278. The standard InChI is InChI=1S/C18H19ClN2/c1-3-13(2)21-17-7-5-4-6-16(17)20-18(21)12-14-8-10-15(19)11-9-14/h4-11,13H,3,12H2,1-2H3. The number of benzene rings is 2. The van der Waals surface area contributed by atoms with Crippen molar-refractivity contribution < 1.29 is 0 Å². The monoisotopic (exact) mass is 298 g/mol. The Labute approximate surface area is 130 Å². The van der Waals surface area contributed by atoms with Crippen molar-refractivity contribution in [3.05, 3.63) is 64.9 Å². The van der Waals surface area contributed by atoms with E-state index in [4.69, 9.17) is 16.6 Å². The number of halogens is 1. The van der Waals surface area contributed by atoms with Gasteiger partial charge in [-0.3, -0.25) is 0 Å². The molecule has 108 valence electrons. The summed E-state index contributed by atoms with van der Waals surface area (Å²) < 4.78 is 2.37. The lowest BCUT2D eigenvalue weighted by Gasteiger charge is -2.16. The quantitative estimate of drug-likeness (QED) is 0.643. The Hall–Kier alpha value is -1.80. The van der Waals surface area contributed by atoms with Gasteiger partial charge in [-0.15, -0.1) is 0 Å². The molecule has 0 amide bonds. The van der Waals surface area contributed by atoms with Crippen LogP contribution in [0.4, 0.5) is 0 Å². The van der Waals surface area contributed by atoms with Crippen LogP contribution < -0.4 is 0 Å². The summed E-state index contributed by atoms with van der Waals surface area (Å²) in [5.41, 5.74) is 3.52. The van der Waals surface area contributed by atoms with Gasteiger partial charge in [0.15, 0.2) is 0 Å². The van der Waals surface area contributed by atoms with Crippen LogP contribution in [0.2, 0.25) is 5.02 Å². The molecule has 0 fully saturated rings. The van der Waals surface area contributed by atoms with Crippen molar-refractivity contribution in [1.82, 2.24) is 9.55 Å². The van der Waals surface area contributed by atoms with Crippen LogP contribution in [0.1, 0.15) is 37.7 Å². The van der Waals surface area contributed by atoms with Gasteiger partial charge in [-0.2, -0.15) is 0 Å². The third-order valence-electron chi connectivity index (χ3n) is 3.98. The molecule has 3 heteroatoms. The van der Waals surface area contributed by atoms with E-state index in [1.807, 2.05) is 18.2 Å². The van der Waals surface area contributed by atoms with Crippen molar-refractivity contribution in [2.45, 2.75) is 32.7 Å². The largest absolute Gasteiger partial charge is 0.325 e. The van der Waals surface area contributed by atoms with Gasteiger partial charge in [-0.25, -0.2) is 4.98 Å². The van der Waals surface area contributed by atoms with Crippen molar-refractivity contribution in [3.63, 3.8) is 0 Å². The molecule has 1 aromatic heterocycles. The fourth-order valence-electron chi connectivity index (χ4n) is 2.68. The highest BCUT2D eigenvalue weighted by Gasteiger charge is 2.14. The Morgan fingerprint density at radius 3 is 2.52 bits per heavy atom. The molecule has 21 heavy (non-hydrogen) atoms. The van der Waals surface area contributed by atoms with Crippen molar-refractivity contribution in [2.24, 2.45) is 0 Å². The Bertz CT molecular complexity index is 744. The lowest BCUT2D eigenvalue weighted by Crippen LogP contribution is -2.09. The first-order chi connectivity index (χ1) is 10.2. The van der Waals surface area contributed by atoms with E-state index in [2.05, 4.69) is 48.7 Å². The summed E-state index contributed by atoms with van der Waals surface area (Å²) in [5.74, 6) is 1.12. The smallest absolute Gasteiger partial charge is 0.114 e. The molecule has 3 rings (SSSR count). The first-order valence-electron chi connectivity index (χ1n) is 7.39. The van der Waals surface area contributed by atoms with Gasteiger partial charge in [0.2, 0.25) is 0 Å². The maximum absolute atomic E-state index is 5.96. The molecule has 0 saturated carbocycles. The maximum atomic E-state index is 5.96. The van der Waals surface area contributed by atoms with E-state index in [0.29, 0.717) is 6.04 Å². The molecule has 1 unspecified atom stereocenters. The summed E-state index contributed by atoms with van der Waals surface area (Å²) in [5, 5.41) is 0.772. The molecule has 0 N–H and O–H groups in total. The second-order valence-electron chi connectivity index (χ2n) is 5.45. The summed E-state index contributed by atoms with van der Waals surface area (Å²) >= 11 is 5.96. The zero-order valence-electron chi connectivity index (χ0n) is 12.4. The number of para-hydroxylation sites is 2. The molecule has 2 nitrogen and oxygen atoms in total. The van der Waals surface area contributed by atoms with Gasteiger partial charge in [0, 0.05) is 17.5 Å². The molecule has 2 aromatic carbocycles. The second-order valence-corrected chi connectivity index (χ2v) is 5.88. The Kier molecular flexibility index (Phi) is 3.98. The molecule has 0 aliphatic heterocycles. The molecular formula is C18H19ClN2. The fourth-order valence-corrected chi connectivity index (χ4v) is 2.80. The van der Waals surface area contributed by atoms with E-state index >= 15 is 0 Å². The van der Waals surface area contributed by atoms with Crippen LogP contribution in [0.15, 0.2) is 48.5 Å². The number of hydrogen-bond donors (Lipinski definition) is 0. The summed E-state index contributed by atoms with van der Waals surface area (Å²) in [7, 11) is 0. The van der Waals surface area contributed by atoms with Gasteiger partial charge < -0.3 is 4.57 Å². The molecule has 0 bridgehead atoms. The van der Waals surface area contributed by atoms with Crippen LogP contribution in [0.5, 0.6) is 0 Å². The molecule has 0 saturated heterocycles. The highest BCUT2D eigenvalue weighted by atomic mass is 35.5. The molecule has 0 aliphatic carbocycles. The van der Waals surface area contributed by atoms with E-state index in [1.165, 1.54) is 11.1 Å². The lowest BCUT2D eigenvalue weighted by molar-refractivity contribution is 0.526. The SMILES string of the molecule is CCC(C)n1c(Cc2ccc(Cl)cc2)nc2ccccc21. The first-order valence-corrected chi connectivity index (χ1v) is 7.77. The van der Waals surface area contributed by atoms with Crippen molar-refractivity contribution in [3.8, 4) is 0 Å². The minimum Gasteiger partial charge on any atom is -0.325 e. The zero-order chi connectivity index (χ0) is 14.8. The van der Waals surface area contributed by atoms with Crippen LogP contribution in [-0.2, 0) is 6.42 Å². The summed E-state index contributed by atoms with van der Waals surface area (Å²) in [6.07, 6.45) is 1.92. The van der Waals surface area contributed by atoms with E-state index in [1.54, 1.807) is 0 Å². The molecule has 1 atom stereocenters. The van der Waals surface area contributed by atoms with E-state index in [0.717, 1.165) is 29.2 Å². The van der Waals surface area contributed by atoms with Crippen molar-refractivity contribution in [2.75, 3.05) is 0 Å². The van der Waals surface area contributed by atoms with Gasteiger partial charge >= 0.3 is 0 Å². The van der Waals surface area contributed by atoms with E-state index in [-0.39, 0.29) is 0 Å². The van der Waals surface area contributed by atoms with E-state index < -0.39 is 0 Å². The first kappa shape index (κ1) is 14.2. The predicted molar refractivity (Wildman–Crippen MR) is 89.0 cm³/mol. The Morgan fingerprint density at radius 1 is 1.10 bits per heavy atom. The summed E-state index contributed by atoms with van der Waals surface area (Å²) in [6.45, 7) is 4.46. The number of rotatable bonds is 4. The Morgan fingerprint density at radius 2 is 1.81 bits per heavy atom. The number of fused-ring (bicyclic) bond motifs is 1. The van der Waals surface area contributed by atoms with Gasteiger partial charge in [-0.05, 0) is 43.2 Å². The number of nitrogens with zero attached hydrogens (tertiary/aromatic N) is 2. The van der Waals surface area contributed by atoms with Gasteiger partial charge in [0.25, 0.3) is 0 Å². The normalized spacial score (nSPS) is 12.7. The number of imidazole rings is 1. The molecule has 0 aliphatic rings. The molecule has 0 radical (unpaired) electrons.